The molecule has 0 aromatic carbocycles. The Morgan fingerprint density at radius 2 is 2.15 bits per heavy atom. The molecule has 1 aromatic heterocycles. The molecule has 1 amide bonds. The van der Waals surface area contributed by atoms with Gasteiger partial charge in [0.1, 0.15) is 6.04 Å². The fourth-order valence-corrected chi connectivity index (χ4v) is 3.50. The highest BCUT2D eigenvalue weighted by Gasteiger charge is 2.26. The number of carbonyl (C=O) groups excluding carboxylic acids is 1. The summed E-state index contributed by atoms with van der Waals surface area (Å²) in [5, 5.41) is 4.98. The van der Waals surface area contributed by atoms with E-state index in [0.29, 0.717) is 18.5 Å². The zero-order valence-corrected chi connectivity index (χ0v) is 13.2. The predicted molar refractivity (Wildman–Crippen MR) is 83.7 cm³/mol. The molecule has 1 saturated heterocycles. The summed E-state index contributed by atoms with van der Waals surface area (Å²) in [5.41, 5.74) is 5.98. The van der Waals surface area contributed by atoms with Crippen molar-refractivity contribution in [1.82, 2.24) is 10.2 Å². The first-order valence-corrected chi connectivity index (χ1v) is 8.28. The molecule has 3 N–H and O–H groups in total. The number of hydrogen-bond acceptors (Lipinski definition) is 4. The summed E-state index contributed by atoms with van der Waals surface area (Å²) in [6, 6.07) is 3.71. The Balaban J connectivity index is 1.87. The molecule has 0 spiro atoms. The minimum Gasteiger partial charge on any atom is -0.353 e. The van der Waals surface area contributed by atoms with Gasteiger partial charge in [-0.2, -0.15) is 0 Å². The average Bonchev–Trinajstić information content (AvgIpc) is 3.10. The topological polar surface area (TPSA) is 58.4 Å². The molecule has 112 valence electrons. The fourth-order valence-electron chi connectivity index (χ4n) is 2.77. The summed E-state index contributed by atoms with van der Waals surface area (Å²) in [4.78, 5) is 15.5. The first-order chi connectivity index (χ1) is 9.59. The van der Waals surface area contributed by atoms with Gasteiger partial charge in [0.15, 0.2) is 0 Å². The number of likely N-dealkylation sites (tertiary alicyclic amines) is 1. The van der Waals surface area contributed by atoms with E-state index in [4.69, 9.17) is 5.73 Å². The van der Waals surface area contributed by atoms with Crippen molar-refractivity contribution in [2.24, 2.45) is 11.7 Å². The minimum absolute atomic E-state index is 0.0719. The van der Waals surface area contributed by atoms with E-state index in [1.807, 2.05) is 17.5 Å². The molecule has 0 saturated carbocycles. The van der Waals surface area contributed by atoms with Crippen molar-refractivity contribution in [3.05, 3.63) is 22.4 Å². The molecular weight excluding hydrogens is 270 g/mol. The maximum absolute atomic E-state index is 12.1. The average molecular weight is 295 g/mol. The number of rotatable bonds is 6. The Morgan fingerprint density at radius 3 is 2.70 bits per heavy atom. The quantitative estimate of drug-likeness (QED) is 0.844. The van der Waals surface area contributed by atoms with Gasteiger partial charge in [-0.15, -0.1) is 11.3 Å². The van der Waals surface area contributed by atoms with Crippen molar-refractivity contribution in [3.63, 3.8) is 0 Å². The first-order valence-electron chi connectivity index (χ1n) is 7.40. The zero-order chi connectivity index (χ0) is 14.5. The van der Waals surface area contributed by atoms with Crippen LogP contribution in [0.4, 0.5) is 0 Å². The highest BCUT2D eigenvalue weighted by Crippen LogP contribution is 2.19. The fraction of sp³-hybridized carbons (Fsp3) is 0.667. The minimum atomic E-state index is -0.540. The van der Waals surface area contributed by atoms with Crippen LogP contribution < -0.4 is 11.1 Å². The van der Waals surface area contributed by atoms with Crippen molar-refractivity contribution in [2.75, 3.05) is 19.6 Å². The molecule has 2 unspecified atom stereocenters. The van der Waals surface area contributed by atoms with E-state index in [-0.39, 0.29) is 5.91 Å². The Kier molecular flexibility index (Phi) is 5.57. The van der Waals surface area contributed by atoms with E-state index in [2.05, 4.69) is 24.1 Å². The molecule has 1 fully saturated rings. The summed E-state index contributed by atoms with van der Waals surface area (Å²) in [7, 11) is 0. The highest BCUT2D eigenvalue weighted by molar-refractivity contribution is 7.10. The summed E-state index contributed by atoms with van der Waals surface area (Å²) >= 11 is 1.53. The van der Waals surface area contributed by atoms with E-state index in [9.17, 15) is 4.79 Å². The van der Waals surface area contributed by atoms with E-state index in [1.165, 1.54) is 24.2 Å². The zero-order valence-electron chi connectivity index (χ0n) is 12.3. The normalized spacial score (nSPS) is 19.2. The van der Waals surface area contributed by atoms with Gasteiger partial charge in [-0.1, -0.05) is 19.9 Å². The lowest BCUT2D eigenvalue weighted by Gasteiger charge is -2.31. The summed E-state index contributed by atoms with van der Waals surface area (Å²) < 4.78 is 0. The van der Waals surface area contributed by atoms with Crippen molar-refractivity contribution < 1.29 is 4.79 Å². The lowest BCUT2D eigenvalue weighted by atomic mass is 10.0. The Morgan fingerprint density at radius 1 is 1.45 bits per heavy atom. The standard InChI is InChI=1S/C15H25N3OS/c1-11(2)12(18-7-3-4-8-18)10-17-15(19)14(16)13-6-5-9-20-13/h5-6,9,11-12,14H,3-4,7-8,10,16H2,1-2H3,(H,17,19). The van der Waals surface area contributed by atoms with Crippen LogP contribution in [0, 0.1) is 5.92 Å². The van der Waals surface area contributed by atoms with Gasteiger partial charge in [-0.25, -0.2) is 0 Å². The number of nitrogens with one attached hydrogen (secondary N) is 1. The third-order valence-electron chi connectivity index (χ3n) is 4.00. The molecule has 0 bridgehead atoms. The second kappa shape index (κ2) is 7.20. The lowest BCUT2D eigenvalue weighted by Crippen LogP contribution is -2.47. The summed E-state index contributed by atoms with van der Waals surface area (Å²) in [5.74, 6) is 0.462. The van der Waals surface area contributed by atoms with Crippen molar-refractivity contribution >= 4 is 17.2 Å². The molecule has 5 heteroatoms. The smallest absolute Gasteiger partial charge is 0.242 e. The van der Waals surface area contributed by atoms with Crippen molar-refractivity contribution in [1.29, 1.82) is 0 Å². The maximum atomic E-state index is 12.1. The largest absolute Gasteiger partial charge is 0.353 e. The van der Waals surface area contributed by atoms with Gasteiger partial charge in [-0.3, -0.25) is 9.69 Å². The molecule has 2 rings (SSSR count). The third-order valence-corrected chi connectivity index (χ3v) is 4.95. The molecule has 2 heterocycles. The number of carbonyl (C=O) groups is 1. The van der Waals surface area contributed by atoms with Crippen LogP contribution in [-0.4, -0.2) is 36.5 Å². The molecule has 0 aliphatic carbocycles. The van der Waals surface area contributed by atoms with Crippen LogP contribution in [0.25, 0.3) is 0 Å². The van der Waals surface area contributed by atoms with Gasteiger partial charge in [0.05, 0.1) is 0 Å². The van der Waals surface area contributed by atoms with Gasteiger partial charge in [0.2, 0.25) is 5.91 Å². The van der Waals surface area contributed by atoms with Crippen molar-refractivity contribution in [3.8, 4) is 0 Å². The van der Waals surface area contributed by atoms with Gasteiger partial charge in [0, 0.05) is 17.5 Å². The summed E-state index contributed by atoms with van der Waals surface area (Å²) in [6.07, 6.45) is 2.54. The molecule has 0 radical (unpaired) electrons. The number of nitrogens with zero attached hydrogens (tertiary/aromatic N) is 1. The van der Waals surface area contributed by atoms with Crippen LogP contribution in [0.15, 0.2) is 17.5 Å². The number of nitrogens with two attached hydrogens (primary N) is 1. The summed E-state index contributed by atoms with van der Waals surface area (Å²) in [6.45, 7) is 7.42. The Labute approximate surface area is 125 Å². The number of thiophene rings is 1. The Bertz CT molecular complexity index is 413. The third kappa shape index (κ3) is 3.81. The Hall–Kier alpha value is -0.910. The van der Waals surface area contributed by atoms with E-state index in [1.54, 1.807) is 0 Å². The number of hydrogen-bond donors (Lipinski definition) is 2. The predicted octanol–water partition coefficient (Wildman–Crippen LogP) is 1.98. The van der Waals surface area contributed by atoms with Crippen molar-refractivity contribution in [2.45, 2.75) is 38.8 Å². The van der Waals surface area contributed by atoms with Crippen LogP contribution in [0.5, 0.6) is 0 Å². The second-order valence-corrected chi connectivity index (χ2v) is 6.77. The van der Waals surface area contributed by atoms with Crippen LogP contribution in [0.2, 0.25) is 0 Å². The molecule has 2 atom stereocenters. The monoisotopic (exact) mass is 295 g/mol. The van der Waals surface area contributed by atoms with E-state index >= 15 is 0 Å². The number of amides is 1. The van der Waals surface area contributed by atoms with E-state index in [0.717, 1.165) is 18.0 Å². The van der Waals surface area contributed by atoms with Gasteiger partial charge in [0.25, 0.3) is 0 Å². The molecule has 1 aromatic rings. The van der Waals surface area contributed by atoms with Crippen LogP contribution in [0.1, 0.15) is 37.6 Å². The first kappa shape index (κ1) is 15.5. The second-order valence-electron chi connectivity index (χ2n) is 5.79. The van der Waals surface area contributed by atoms with Crippen LogP contribution >= 0.6 is 11.3 Å². The van der Waals surface area contributed by atoms with E-state index < -0.39 is 6.04 Å². The lowest BCUT2D eigenvalue weighted by molar-refractivity contribution is -0.122. The molecular formula is C15H25N3OS. The van der Waals surface area contributed by atoms with Crippen LogP contribution in [0.3, 0.4) is 0 Å². The molecule has 1 aliphatic rings. The van der Waals surface area contributed by atoms with Gasteiger partial charge >= 0.3 is 0 Å². The molecule has 1 aliphatic heterocycles. The van der Waals surface area contributed by atoms with Crippen LogP contribution in [-0.2, 0) is 4.79 Å². The van der Waals surface area contributed by atoms with Gasteiger partial charge < -0.3 is 11.1 Å². The maximum Gasteiger partial charge on any atom is 0.242 e. The SMILES string of the molecule is CC(C)C(CNC(=O)C(N)c1cccs1)N1CCCC1. The molecule has 4 nitrogen and oxygen atoms in total. The molecule has 20 heavy (non-hydrogen) atoms. The van der Waals surface area contributed by atoms with Gasteiger partial charge in [-0.05, 0) is 43.3 Å². The highest BCUT2D eigenvalue weighted by atomic mass is 32.1.